The van der Waals surface area contributed by atoms with Crippen molar-refractivity contribution in [2.45, 2.75) is 145 Å². The highest BCUT2D eigenvalue weighted by Gasteiger charge is 2.56. The smallest absolute Gasteiger partial charge is 0.338 e. The Bertz CT molecular complexity index is 4940. The Morgan fingerprint density at radius 3 is 0.642 bits per heavy atom. The minimum Gasteiger partial charge on any atom is -0.459 e. The Kier molecular flexibility index (Phi) is 31.1. The van der Waals surface area contributed by atoms with Gasteiger partial charge in [-0.1, -0.05) is 191 Å². The van der Waals surface area contributed by atoms with Crippen molar-refractivity contribution < 1.29 is 128 Å². The van der Waals surface area contributed by atoms with Crippen molar-refractivity contribution in [2.75, 3.05) is 33.0 Å². The number of benzene rings is 9. The number of unbranched alkanes of at least 4 members (excludes halogenated alkanes) is 2. The molecule has 9 aromatic rings. The van der Waals surface area contributed by atoms with Crippen LogP contribution in [0.2, 0.25) is 0 Å². The van der Waals surface area contributed by atoms with Crippen LogP contribution in [0.15, 0.2) is 273 Å². The van der Waals surface area contributed by atoms with Gasteiger partial charge in [0.25, 0.3) is 0 Å². The Balaban J connectivity index is 0.866. The normalized spacial score (nSPS) is 26.0. The fourth-order valence-electron chi connectivity index (χ4n) is 14.7. The van der Waals surface area contributed by atoms with E-state index in [-0.39, 0.29) is 63.1 Å². The second-order valence-corrected chi connectivity index (χ2v) is 30.0. The fraction of sp³-hybridized carbons (Fsp3) is 0.333. The van der Waals surface area contributed by atoms with Crippen LogP contribution in [0.1, 0.15) is 140 Å². The minimum absolute atomic E-state index is 0.0255. The van der Waals surface area contributed by atoms with Crippen molar-refractivity contribution in [1.29, 1.82) is 0 Å². The Morgan fingerprint density at radius 2 is 0.431 bits per heavy atom. The van der Waals surface area contributed by atoms with Gasteiger partial charge in [-0.25, -0.2) is 43.2 Å². The molecule has 0 N–H and O–H groups in total. The molecular weight excluding hydrogens is 1590 g/mol. The van der Waals surface area contributed by atoms with E-state index < -0.39 is 202 Å². The van der Waals surface area contributed by atoms with Crippen LogP contribution < -0.4 is 0 Å². The molecule has 640 valence electrons. The SMILES string of the molecule is C[C@H]1[C@H](OC(=O)c2ccccc2)[C@@H](OC(=O)c2ccccc2)[C@H](OC[C@H]2O[C@@H](OC[C@H]3O[C@@H](OC[C@H]4O[C@@H](OCCCCC=O)[C@H](OC(=O)c5ccccc5)[C@@H](OC(=O)c5ccccc5)[C@@H]4C)[C@H](OC(=O)c4ccccc4)[C@@H](OC(=O)c4ccccc4)[C@@H]3C)[C@H](OC(=O)c3ccccc3)[C@@H](OC(=O)c3ccccc3)[C@@H]2C)O[C@@H]1COC(=O)c1ccccc1. The largest absolute Gasteiger partial charge is 0.459 e. The van der Waals surface area contributed by atoms with Crippen LogP contribution in [0.25, 0.3) is 0 Å². The lowest BCUT2D eigenvalue weighted by molar-refractivity contribution is -0.335. The van der Waals surface area contributed by atoms with Crippen molar-refractivity contribution in [3.05, 3.63) is 323 Å². The van der Waals surface area contributed by atoms with E-state index in [9.17, 15) is 47.9 Å². The van der Waals surface area contributed by atoms with Gasteiger partial charge in [0.2, 0.25) is 0 Å². The van der Waals surface area contributed by atoms with Crippen LogP contribution in [0.3, 0.4) is 0 Å². The van der Waals surface area contributed by atoms with E-state index in [2.05, 4.69) is 0 Å². The van der Waals surface area contributed by atoms with Crippen LogP contribution in [0.4, 0.5) is 0 Å². The highest BCUT2D eigenvalue weighted by Crippen LogP contribution is 2.41. The van der Waals surface area contributed by atoms with Gasteiger partial charge in [0.1, 0.15) is 43.4 Å². The van der Waals surface area contributed by atoms with E-state index in [1.807, 2.05) is 0 Å². The predicted octanol–water partition coefficient (Wildman–Crippen LogP) is 13.5. The Labute approximate surface area is 710 Å². The summed E-state index contributed by atoms with van der Waals surface area (Å²) in [6.45, 7) is 4.50. The zero-order valence-electron chi connectivity index (χ0n) is 67.8. The van der Waals surface area contributed by atoms with Crippen LogP contribution in [0, 0.1) is 23.7 Å². The highest BCUT2D eigenvalue weighted by atomic mass is 16.8. The molecule has 27 nitrogen and oxygen atoms in total. The van der Waals surface area contributed by atoms with Gasteiger partial charge in [0, 0.05) is 36.7 Å². The fourth-order valence-corrected chi connectivity index (χ4v) is 14.7. The molecular formula is C96H94O27. The molecule has 0 saturated carbocycles. The van der Waals surface area contributed by atoms with Crippen LogP contribution in [-0.4, -0.2) is 191 Å². The van der Waals surface area contributed by atoms with Crippen molar-refractivity contribution in [1.82, 2.24) is 0 Å². The van der Waals surface area contributed by atoms with E-state index in [1.54, 1.807) is 240 Å². The molecule has 4 heterocycles. The van der Waals surface area contributed by atoms with Gasteiger partial charge in [-0.3, -0.25) is 0 Å². The number of hydrogen-bond acceptors (Lipinski definition) is 27. The van der Waals surface area contributed by atoms with Crippen molar-refractivity contribution in [3.63, 3.8) is 0 Å². The van der Waals surface area contributed by atoms with Gasteiger partial charge < -0.3 is 85.3 Å². The standard InChI is InChI=1S/C96H94O27/c1-59-72(55-108-84(98)63-35-15-5-16-36-63)113-94(81(121-90(104)69-47-27-11-28-48-69)77(59)117-86(100)65-39-19-7-20-40-65)110-57-74-61(3)79(119-88(102)67-43-23-9-24-44-67)83(123-92(106)71-51-31-13-32-52-71)96(115-74)111-58-75-62(4)78(118-87(101)66-41-21-8-22-42-66)82(122-91(105)70-49-29-12-30-50-70)95(114-75)109-56-73-60(2)76(116-85(99)64-37-17-6-18-38-64)80(93(112-73)107-54-34-14-33-53-97)120-89(103)68-45-25-10-26-46-68/h5-13,15-32,35-53,59-62,72-83,93-96H,14,33-34,54-58H2,1-4H3/t59-,60-,61-,62-,72-,73-,74-,75-,76+,77+,78+,79+,80-,81-,82-,83-,93-,94-,95-,96-/m1/s1. The molecule has 4 aliphatic rings. The number of ether oxygens (including phenoxy) is 17. The van der Waals surface area contributed by atoms with E-state index in [0.717, 1.165) is 6.29 Å². The molecule has 0 aromatic heterocycles. The molecule has 20 atom stereocenters. The van der Waals surface area contributed by atoms with Crippen LogP contribution in [-0.2, 0) is 85.3 Å². The molecule has 0 aliphatic carbocycles. The number of hydrogen-bond donors (Lipinski definition) is 0. The minimum atomic E-state index is -1.81. The first-order valence-electron chi connectivity index (χ1n) is 40.7. The number of rotatable bonds is 34. The zero-order valence-corrected chi connectivity index (χ0v) is 67.8. The second-order valence-electron chi connectivity index (χ2n) is 30.0. The maximum Gasteiger partial charge on any atom is 0.338 e. The quantitative estimate of drug-likeness (QED) is 0.0156. The maximum atomic E-state index is 14.8. The molecule has 9 aromatic carbocycles. The van der Waals surface area contributed by atoms with Crippen molar-refractivity contribution in [2.24, 2.45) is 23.7 Å². The lowest BCUT2D eigenvalue weighted by atomic mass is 9.89. The molecule has 4 aliphatic heterocycles. The highest BCUT2D eigenvalue weighted by molar-refractivity contribution is 5.94. The first kappa shape index (κ1) is 88.3. The van der Waals surface area contributed by atoms with Gasteiger partial charge in [0.05, 0.1) is 88.2 Å². The first-order chi connectivity index (χ1) is 59.9. The molecule has 27 heteroatoms. The number of carbonyl (C=O) groups excluding carboxylic acids is 10. The summed E-state index contributed by atoms with van der Waals surface area (Å²) < 4.78 is 112. The van der Waals surface area contributed by atoms with Gasteiger partial charge in [-0.15, -0.1) is 0 Å². The van der Waals surface area contributed by atoms with Gasteiger partial charge in [0.15, 0.2) is 49.6 Å². The molecule has 0 amide bonds. The van der Waals surface area contributed by atoms with E-state index >= 15 is 0 Å². The van der Waals surface area contributed by atoms with Crippen LogP contribution in [0.5, 0.6) is 0 Å². The third-order valence-corrected chi connectivity index (χ3v) is 21.7. The summed E-state index contributed by atoms with van der Waals surface area (Å²) in [5.74, 6) is -11.4. The molecule has 4 saturated heterocycles. The van der Waals surface area contributed by atoms with Crippen molar-refractivity contribution >= 4 is 60.0 Å². The summed E-state index contributed by atoms with van der Waals surface area (Å²) in [5, 5.41) is 0. The van der Waals surface area contributed by atoms with Gasteiger partial charge in [-0.2, -0.15) is 0 Å². The number of carbonyl (C=O) groups is 10. The lowest BCUT2D eigenvalue weighted by Crippen LogP contribution is -2.62. The third kappa shape index (κ3) is 23.0. The predicted molar refractivity (Wildman–Crippen MR) is 437 cm³/mol. The molecule has 0 unspecified atom stereocenters. The molecule has 0 radical (unpaired) electrons. The number of aldehydes is 1. The summed E-state index contributed by atoms with van der Waals surface area (Å²) in [6, 6.07) is 72.5. The molecule has 0 spiro atoms. The van der Waals surface area contributed by atoms with Gasteiger partial charge in [-0.05, 0) is 122 Å². The maximum absolute atomic E-state index is 14.8. The summed E-state index contributed by atoms with van der Waals surface area (Å²) in [7, 11) is 0. The monoisotopic (exact) mass is 1680 g/mol. The van der Waals surface area contributed by atoms with Gasteiger partial charge >= 0.3 is 53.7 Å². The Morgan fingerprint density at radius 1 is 0.244 bits per heavy atom. The molecule has 123 heavy (non-hydrogen) atoms. The first-order valence-corrected chi connectivity index (χ1v) is 40.7. The van der Waals surface area contributed by atoms with Crippen LogP contribution >= 0.6 is 0 Å². The Hall–Kier alpha value is -12.4. The average Bonchev–Trinajstić information content (AvgIpc) is 1.06. The summed E-state index contributed by atoms with van der Waals surface area (Å²) in [6.07, 6.45) is -22.1. The summed E-state index contributed by atoms with van der Waals surface area (Å²) in [4.78, 5) is 142. The third-order valence-electron chi connectivity index (χ3n) is 21.7. The number of esters is 9. The summed E-state index contributed by atoms with van der Waals surface area (Å²) in [5.41, 5.74) is 1.18. The topological polar surface area (TPSA) is 328 Å². The second kappa shape index (κ2) is 43.4. The van der Waals surface area contributed by atoms with E-state index in [0.29, 0.717) is 12.8 Å². The molecule has 0 bridgehead atoms. The molecule has 13 rings (SSSR count). The molecule has 4 fully saturated rings. The van der Waals surface area contributed by atoms with E-state index in [4.69, 9.17) is 80.5 Å². The summed E-state index contributed by atoms with van der Waals surface area (Å²) >= 11 is 0. The average molecular weight is 1680 g/mol. The zero-order chi connectivity index (χ0) is 86.1. The van der Waals surface area contributed by atoms with E-state index in [1.165, 1.54) is 60.7 Å². The lowest BCUT2D eigenvalue weighted by Gasteiger charge is -2.47. The van der Waals surface area contributed by atoms with Crippen molar-refractivity contribution in [3.8, 4) is 0 Å².